The first-order chi connectivity index (χ1) is 16.7. The molecule has 7 rings (SSSR count). The number of amides is 1. The number of nitrogens with zero attached hydrogens (tertiary/aromatic N) is 1. The molecule has 3 heterocycles. The maximum atomic E-state index is 13.2. The van der Waals surface area contributed by atoms with E-state index < -0.39 is 0 Å². The van der Waals surface area contributed by atoms with E-state index in [0.29, 0.717) is 23.0 Å². The SMILES string of the molecule is O=C(Cn1c2c(sc1=O)[C@H](c1ccco1)C1C3CCC(C3)C1S2)Nc1cccc2ccccc12. The smallest absolute Gasteiger partial charge is 0.308 e. The van der Waals surface area contributed by atoms with Crippen LogP contribution in [0.15, 0.2) is 75.1 Å². The first kappa shape index (κ1) is 20.6. The quantitative estimate of drug-likeness (QED) is 0.386. The Balaban J connectivity index is 1.24. The van der Waals surface area contributed by atoms with E-state index in [1.807, 2.05) is 60.3 Å². The summed E-state index contributed by atoms with van der Waals surface area (Å²) in [6, 6.07) is 17.9. The molecule has 4 aromatic rings. The molecule has 5 atom stereocenters. The minimum absolute atomic E-state index is 0.0250. The Kier molecular flexibility index (Phi) is 4.78. The van der Waals surface area contributed by atoms with Crippen LogP contribution in [0.5, 0.6) is 0 Å². The Morgan fingerprint density at radius 3 is 2.79 bits per heavy atom. The van der Waals surface area contributed by atoms with Crippen molar-refractivity contribution >= 4 is 45.5 Å². The zero-order chi connectivity index (χ0) is 22.8. The van der Waals surface area contributed by atoms with Crippen molar-refractivity contribution in [3.05, 3.63) is 81.2 Å². The van der Waals surface area contributed by atoms with E-state index in [4.69, 9.17) is 4.42 Å². The van der Waals surface area contributed by atoms with Crippen LogP contribution in [0.1, 0.15) is 35.8 Å². The molecule has 3 aliphatic rings. The third-order valence-electron chi connectivity index (χ3n) is 7.91. The number of hydrogen-bond donors (Lipinski definition) is 1. The van der Waals surface area contributed by atoms with Gasteiger partial charge in [-0.05, 0) is 60.6 Å². The molecule has 2 fully saturated rings. The maximum absolute atomic E-state index is 13.2. The second-order valence-corrected chi connectivity index (χ2v) is 11.8. The van der Waals surface area contributed by atoms with Crippen molar-refractivity contribution in [1.29, 1.82) is 0 Å². The number of benzene rings is 2. The second kappa shape index (κ2) is 7.89. The summed E-state index contributed by atoms with van der Waals surface area (Å²) in [6.07, 6.45) is 5.56. The van der Waals surface area contributed by atoms with Gasteiger partial charge in [0.2, 0.25) is 5.91 Å². The summed E-state index contributed by atoms with van der Waals surface area (Å²) < 4.78 is 7.60. The Bertz CT molecular complexity index is 1450. The van der Waals surface area contributed by atoms with Crippen LogP contribution in [-0.4, -0.2) is 15.7 Å². The van der Waals surface area contributed by atoms with E-state index in [1.165, 1.54) is 30.6 Å². The van der Waals surface area contributed by atoms with Crippen molar-refractivity contribution in [1.82, 2.24) is 4.57 Å². The summed E-state index contributed by atoms with van der Waals surface area (Å²) >= 11 is 3.14. The molecule has 2 aromatic carbocycles. The van der Waals surface area contributed by atoms with Gasteiger partial charge in [-0.1, -0.05) is 47.7 Å². The van der Waals surface area contributed by atoms with E-state index in [9.17, 15) is 9.59 Å². The molecule has 1 amide bonds. The highest BCUT2D eigenvalue weighted by Gasteiger charge is 2.55. The molecule has 0 spiro atoms. The van der Waals surface area contributed by atoms with E-state index in [2.05, 4.69) is 11.4 Å². The molecule has 7 heteroatoms. The lowest BCUT2D eigenvalue weighted by molar-refractivity contribution is -0.116. The van der Waals surface area contributed by atoms with Gasteiger partial charge >= 0.3 is 4.87 Å². The van der Waals surface area contributed by atoms with Crippen molar-refractivity contribution in [3.8, 4) is 0 Å². The summed E-state index contributed by atoms with van der Waals surface area (Å²) in [4.78, 5) is 27.3. The van der Waals surface area contributed by atoms with Crippen LogP contribution < -0.4 is 10.2 Å². The lowest BCUT2D eigenvalue weighted by atomic mass is 9.77. The highest BCUT2D eigenvalue weighted by molar-refractivity contribution is 8.00. The Hall–Kier alpha value is -2.77. The number of thioether (sulfide) groups is 1. The predicted molar refractivity (Wildman–Crippen MR) is 136 cm³/mol. The molecule has 2 aromatic heterocycles. The molecular weight excluding hydrogens is 464 g/mol. The topological polar surface area (TPSA) is 64.2 Å². The van der Waals surface area contributed by atoms with E-state index in [-0.39, 0.29) is 23.2 Å². The van der Waals surface area contributed by atoms with Gasteiger partial charge in [0.15, 0.2) is 0 Å². The molecule has 2 aliphatic carbocycles. The number of fused-ring (bicyclic) bond motifs is 7. The summed E-state index contributed by atoms with van der Waals surface area (Å²) in [5.74, 6) is 2.80. The Labute approximate surface area is 205 Å². The molecule has 1 N–H and O–H groups in total. The van der Waals surface area contributed by atoms with Crippen LogP contribution in [0.25, 0.3) is 10.8 Å². The highest BCUT2D eigenvalue weighted by Crippen LogP contribution is 2.64. The molecule has 0 saturated heterocycles. The number of rotatable bonds is 4. The van der Waals surface area contributed by atoms with Crippen LogP contribution in [0.3, 0.4) is 0 Å². The van der Waals surface area contributed by atoms with Crippen molar-refractivity contribution in [3.63, 3.8) is 0 Å². The number of hydrogen-bond acceptors (Lipinski definition) is 5. The number of thiazole rings is 1. The molecule has 0 radical (unpaired) electrons. The van der Waals surface area contributed by atoms with Crippen LogP contribution >= 0.6 is 23.1 Å². The van der Waals surface area contributed by atoms with Gasteiger partial charge in [-0.25, -0.2) is 0 Å². The summed E-state index contributed by atoms with van der Waals surface area (Å²) in [7, 11) is 0. The van der Waals surface area contributed by atoms with Crippen LogP contribution in [0.4, 0.5) is 5.69 Å². The average Bonchev–Trinajstić information content (AvgIpc) is 3.64. The van der Waals surface area contributed by atoms with Gasteiger partial charge < -0.3 is 9.73 Å². The van der Waals surface area contributed by atoms with Crippen molar-refractivity contribution in [2.45, 2.75) is 42.0 Å². The zero-order valence-corrected chi connectivity index (χ0v) is 20.1. The van der Waals surface area contributed by atoms with Crippen LogP contribution in [-0.2, 0) is 11.3 Å². The molecule has 1 aliphatic heterocycles. The predicted octanol–water partition coefficient (Wildman–Crippen LogP) is 5.95. The summed E-state index contributed by atoms with van der Waals surface area (Å²) in [6.45, 7) is 0.0250. The third kappa shape index (κ3) is 3.13. The molecule has 34 heavy (non-hydrogen) atoms. The summed E-state index contributed by atoms with van der Waals surface area (Å²) in [5.41, 5.74) is 0.773. The minimum atomic E-state index is -0.177. The lowest BCUT2D eigenvalue weighted by Gasteiger charge is -2.39. The normalized spacial score (nSPS) is 27.0. The van der Waals surface area contributed by atoms with Crippen molar-refractivity contribution in [2.24, 2.45) is 17.8 Å². The second-order valence-electron chi connectivity index (χ2n) is 9.68. The Morgan fingerprint density at radius 1 is 1.06 bits per heavy atom. The summed E-state index contributed by atoms with van der Waals surface area (Å²) in [5, 5.41) is 6.58. The van der Waals surface area contributed by atoms with Gasteiger partial charge in [0.25, 0.3) is 0 Å². The van der Waals surface area contributed by atoms with Gasteiger partial charge in [-0.15, -0.1) is 11.8 Å². The fraction of sp³-hybridized carbons (Fsp3) is 0.333. The number of furan rings is 1. The van der Waals surface area contributed by atoms with Gasteiger partial charge in [0, 0.05) is 16.3 Å². The third-order valence-corrected chi connectivity index (χ3v) is 10.7. The van der Waals surface area contributed by atoms with Gasteiger partial charge in [0.05, 0.1) is 22.1 Å². The zero-order valence-electron chi connectivity index (χ0n) is 18.5. The molecule has 2 bridgehead atoms. The van der Waals surface area contributed by atoms with Crippen LogP contribution in [0.2, 0.25) is 0 Å². The van der Waals surface area contributed by atoms with E-state index in [1.54, 1.807) is 10.8 Å². The fourth-order valence-electron chi connectivity index (χ4n) is 6.54. The number of nitrogens with one attached hydrogen (secondary N) is 1. The first-order valence-corrected chi connectivity index (χ1v) is 13.6. The number of anilines is 1. The van der Waals surface area contributed by atoms with Crippen molar-refractivity contribution in [2.75, 3.05) is 5.32 Å². The standard InChI is InChI=1S/C27H24N2O3S2/c30-21(28-19-8-3-6-15-5-1-2-7-18(15)19)14-29-26-25(34-27(29)31)23(20-9-4-12-32-20)22-16-10-11-17(13-16)24(22)33-26/h1-9,12,16-17,22-24H,10-11,13-14H2,(H,28,30)/t16?,17?,22?,23-,24?/m1/s1. The average molecular weight is 489 g/mol. The molecular formula is C27H24N2O3S2. The molecule has 5 nitrogen and oxygen atoms in total. The number of carbonyl (C=O) groups is 1. The van der Waals surface area contributed by atoms with E-state index in [0.717, 1.165) is 32.1 Å². The molecule has 2 saturated carbocycles. The number of carbonyl (C=O) groups excluding carboxylic acids is 1. The lowest BCUT2D eigenvalue weighted by Crippen LogP contribution is -2.34. The van der Waals surface area contributed by atoms with Gasteiger partial charge in [-0.2, -0.15) is 0 Å². The monoisotopic (exact) mass is 488 g/mol. The van der Waals surface area contributed by atoms with E-state index >= 15 is 0 Å². The highest BCUT2D eigenvalue weighted by atomic mass is 32.2. The minimum Gasteiger partial charge on any atom is -0.469 e. The maximum Gasteiger partial charge on any atom is 0.308 e. The number of aromatic nitrogens is 1. The Morgan fingerprint density at radius 2 is 1.91 bits per heavy atom. The molecule has 172 valence electrons. The first-order valence-electron chi connectivity index (χ1n) is 11.9. The van der Waals surface area contributed by atoms with Crippen molar-refractivity contribution < 1.29 is 9.21 Å². The largest absolute Gasteiger partial charge is 0.469 e. The van der Waals surface area contributed by atoms with Crippen LogP contribution in [0, 0.1) is 17.8 Å². The van der Waals surface area contributed by atoms with Gasteiger partial charge in [-0.3, -0.25) is 14.2 Å². The fourth-order valence-corrected chi connectivity index (χ4v) is 9.67. The van der Waals surface area contributed by atoms with Gasteiger partial charge in [0.1, 0.15) is 12.3 Å². The molecule has 4 unspecified atom stereocenters.